The third kappa shape index (κ3) is 3.23. The van der Waals surface area contributed by atoms with Crippen molar-refractivity contribution in [3.8, 4) is 0 Å². The lowest BCUT2D eigenvalue weighted by atomic mass is 10.1. The van der Waals surface area contributed by atoms with E-state index in [2.05, 4.69) is 5.32 Å². The molecule has 0 heterocycles. The smallest absolute Gasteiger partial charge is 0.334 e. The number of urea groups is 2. The van der Waals surface area contributed by atoms with Crippen molar-refractivity contribution in [2.45, 2.75) is 26.3 Å². The van der Waals surface area contributed by atoms with Gasteiger partial charge in [-0.2, -0.15) is 0 Å². The summed E-state index contributed by atoms with van der Waals surface area (Å²) in [4.78, 5) is 35.4. The van der Waals surface area contributed by atoms with E-state index in [1.165, 1.54) is 14.1 Å². The van der Waals surface area contributed by atoms with Crippen LogP contribution in [0.1, 0.15) is 20.8 Å². The van der Waals surface area contributed by atoms with Gasteiger partial charge in [0.15, 0.2) is 0 Å². The molecule has 15 heavy (non-hydrogen) atoms. The first-order valence-electron chi connectivity index (χ1n) is 4.49. The number of hydrogen-bond donors (Lipinski definition) is 1. The van der Waals surface area contributed by atoms with E-state index in [0.29, 0.717) is 6.41 Å². The fourth-order valence-corrected chi connectivity index (χ4v) is 0.906. The van der Waals surface area contributed by atoms with Gasteiger partial charge in [0.1, 0.15) is 0 Å². The van der Waals surface area contributed by atoms with Crippen molar-refractivity contribution in [3.05, 3.63) is 0 Å². The van der Waals surface area contributed by atoms with E-state index >= 15 is 0 Å². The van der Waals surface area contributed by atoms with E-state index < -0.39 is 17.6 Å². The van der Waals surface area contributed by atoms with Gasteiger partial charge in [-0.25, -0.2) is 14.5 Å². The Balaban J connectivity index is 4.82. The van der Waals surface area contributed by atoms with Crippen molar-refractivity contribution in [1.82, 2.24) is 15.1 Å². The maximum Gasteiger partial charge on any atom is 0.334 e. The fourth-order valence-electron chi connectivity index (χ4n) is 0.906. The second-order valence-electron chi connectivity index (χ2n) is 4.04. The molecule has 0 radical (unpaired) electrons. The Hall–Kier alpha value is -1.59. The summed E-state index contributed by atoms with van der Waals surface area (Å²) >= 11 is 0. The zero-order valence-electron chi connectivity index (χ0n) is 9.70. The molecular weight excluding hydrogens is 198 g/mol. The van der Waals surface area contributed by atoms with Crippen molar-refractivity contribution in [2.24, 2.45) is 0 Å². The van der Waals surface area contributed by atoms with Crippen LogP contribution in [0.3, 0.4) is 0 Å². The molecule has 0 unspecified atom stereocenters. The molecule has 0 aliphatic heterocycles. The predicted octanol–water partition coefficient (Wildman–Crippen LogP) is 0.634. The first kappa shape index (κ1) is 13.4. The molecular formula is C9H17N3O3. The van der Waals surface area contributed by atoms with Crippen LogP contribution in [0.15, 0.2) is 0 Å². The number of carbonyl (C=O) groups excluding carboxylic acids is 3. The Morgan fingerprint density at radius 3 is 2.00 bits per heavy atom. The van der Waals surface area contributed by atoms with Crippen molar-refractivity contribution >= 4 is 18.5 Å². The molecule has 0 aromatic heterocycles. The number of imide groups is 2. The van der Waals surface area contributed by atoms with Crippen molar-refractivity contribution in [1.29, 1.82) is 0 Å². The number of rotatable bonds is 1. The molecule has 6 nitrogen and oxygen atoms in total. The molecule has 0 aromatic carbocycles. The lowest BCUT2D eigenvalue weighted by molar-refractivity contribution is -0.119. The largest absolute Gasteiger partial charge is 0.341 e. The second kappa shape index (κ2) is 4.77. The molecule has 0 aliphatic rings. The molecule has 0 saturated carbocycles. The summed E-state index contributed by atoms with van der Waals surface area (Å²) in [5.41, 5.74) is -0.652. The lowest BCUT2D eigenvalue weighted by Gasteiger charge is -2.32. The minimum atomic E-state index is -0.656. The molecule has 0 aromatic rings. The summed E-state index contributed by atoms with van der Waals surface area (Å²) in [6, 6.07) is -1.21. The molecule has 86 valence electrons. The highest BCUT2D eigenvalue weighted by Crippen LogP contribution is 2.12. The van der Waals surface area contributed by atoms with Crippen molar-refractivity contribution in [2.75, 3.05) is 14.1 Å². The third-order valence-electron chi connectivity index (χ3n) is 1.84. The standard InChI is InChI=1S/C9H17N3O3/c1-9(2,3)12(6-13)8(15)11(5)7(14)10-4/h6H,1-5H3,(H,10,14). The molecule has 0 rings (SSSR count). The summed E-state index contributed by atoms with van der Waals surface area (Å²) in [6.45, 7) is 5.12. The molecule has 6 heteroatoms. The van der Waals surface area contributed by atoms with Crippen LogP contribution in [-0.2, 0) is 4.79 Å². The summed E-state index contributed by atoms with van der Waals surface area (Å²) in [6.07, 6.45) is 0.418. The first-order chi connectivity index (χ1) is 6.75. The van der Waals surface area contributed by atoms with Gasteiger partial charge in [0.2, 0.25) is 6.41 Å². The molecule has 0 spiro atoms. The summed E-state index contributed by atoms with van der Waals surface area (Å²) in [7, 11) is 2.72. The van der Waals surface area contributed by atoms with E-state index in [-0.39, 0.29) is 0 Å². The third-order valence-corrected chi connectivity index (χ3v) is 1.84. The summed E-state index contributed by atoms with van der Waals surface area (Å²) < 4.78 is 0. The Morgan fingerprint density at radius 1 is 1.27 bits per heavy atom. The maximum absolute atomic E-state index is 11.7. The first-order valence-corrected chi connectivity index (χ1v) is 4.49. The minimum absolute atomic E-state index is 0.418. The molecule has 0 atom stereocenters. The molecule has 5 amide bonds. The SMILES string of the molecule is CNC(=O)N(C)C(=O)N(C=O)C(C)(C)C. The van der Waals surface area contributed by atoms with E-state index in [1.807, 2.05) is 0 Å². The Bertz CT molecular complexity index is 270. The molecule has 0 fully saturated rings. The van der Waals surface area contributed by atoms with Gasteiger partial charge in [-0.3, -0.25) is 9.69 Å². The van der Waals surface area contributed by atoms with Crippen molar-refractivity contribution in [3.63, 3.8) is 0 Å². The van der Waals surface area contributed by atoms with Crippen LogP contribution in [0.25, 0.3) is 0 Å². The molecule has 0 aliphatic carbocycles. The zero-order chi connectivity index (χ0) is 12.2. The molecule has 1 N–H and O–H groups in total. The van der Waals surface area contributed by atoms with Crippen LogP contribution in [0.4, 0.5) is 9.59 Å². The second-order valence-corrected chi connectivity index (χ2v) is 4.04. The monoisotopic (exact) mass is 215 g/mol. The highest BCUT2D eigenvalue weighted by atomic mass is 16.2. The van der Waals surface area contributed by atoms with E-state index in [9.17, 15) is 14.4 Å². The quantitative estimate of drug-likeness (QED) is 0.652. The Kier molecular flexibility index (Phi) is 4.26. The number of nitrogens with zero attached hydrogens (tertiary/aromatic N) is 2. The zero-order valence-corrected chi connectivity index (χ0v) is 9.70. The normalized spacial score (nSPS) is 10.5. The Labute approximate surface area is 89.2 Å². The van der Waals surface area contributed by atoms with Gasteiger partial charge < -0.3 is 5.32 Å². The van der Waals surface area contributed by atoms with Crippen LogP contribution >= 0.6 is 0 Å². The number of nitrogens with one attached hydrogen (secondary N) is 1. The van der Waals surface area contributed by atoms with Gasteiger partial charge in [0.05, 0.1) is 0 Å². The summed E-state index contributed by atoms with van der Waals surface area (Å²) in [5, 5.41) is 2.30. The van der Waals surface area contributed by atoms with Gasteiger partial charge in [-0.15, -0.1) is 0 Å². The highest BCUT2D eigenvalue weighted by molar-refractivity contribution is 5.97. The topological polar surface area (TPSA) is 69.7 Å². The average molecular weight is 215 g/mol. The van der Waals surface area contributed by atoms with Crippen LogP contribution in [-0.4, -0.2) is 47.9 Å². The van der Waals surface area contributed by atoms with Crippen LogP contribution < -0.4 is 5.32 Å². The van der Waals surface area contributed by atoms with Gasteiger partial charge in [-0.1, -0.05) is 0 Å². The van der Waals surface area contributed by atoms with Gasteiger partial charge >= 0.3 is 12.1 Å². The number of carbonyl (C=O) groups is 3. The molecule has 0 bridgehead atoms. The van der Waals surface area contributed by atoms with Crippen LogP contribution in [0.2, 0.25) is 0 Å². The minimum Gasteiger partial charge on any atom is -0.341 e. The number of amides is 5. The van der Waals surface area contributed by atoms with Crippen LogP contribution in [0, 0.1) is 0 Å². The highest BCUT2D eigenvalue weighted by Gasteiger charge is 2.30. The fraction of sp³-hybridized carbons (Fsp3) is 0.667. The maximum atomic E-state index is 11.7. The van der Waals surface area contributed by atoms with E-state index in [0.717, 1.165) is 9.80 Å². The lowest BCUT2D eigenvalue weighted by Crippen LogP contribution is -2.53. The average Bonchev–Trinajstić information content (AvgIpc) is 2.14. The van der Waals surface area contributed by atoms with Gasteiger partial charge in [0, 0.05) is 19.6 Å². The van der Waals surface area contributed by atoms with Crippen molar-refractivity contribution < 1.29 is 14.4 Å². The Morgan fingerprint density at radius 2 is 1.73 bits per heavy atom. The summed E-state index contributed by atoms with van der Waals surface area (Å²) in [5.74, 6) is 0. The van der Waals surface area contributed by atoms with E-state index in [1.54, 1.807) is 20.8 Å². The van der Waals surface area contributed by atoms with Gasteiger partial charge in [-0.05, 0) is 20.8 Å². The predicted molar refractivity (Wildman–Crippen MR) is 55.3 cm³/mol. The number of hydrogen-bond acceptors (Lipinski definition) is 3. The molecule has 0 saturated heterocycles. The van der Waals surface area contributed by atoms with E-state index in [4.69, 9.17) is 0 Å². The van der Waals surface area contributed by atoms with Crippen LogP contribution in [0.5, 0.6) is 0 Å². The van der Waals surface area contributed by atoms with Gasteiger partial charge in [0.25, 0.3) is 0 Å².